The van der Waals surface area contributed by atoms with Crippen LogP contribution in [0.2, 0.25) is 0 Å². The van der Waals surface area contributed by atoms with Gasteiger partial charge in [0.25, 0.3) is 0 Å². The minimum Gasteiger partial charge on any atom is -0.386 e. The predicted molar refractivity (Wildman–Crippen MR) is 65.4 cm³/mol. The molecule has 0 aliphatic rings. The van der Waals surface area contributed by atoms with Crippen molar-refractivity contribution in [2.24, 2.45) is 0 Å². The first-order chi connectivity index (χ1) is 8.31. The van der Waals surface area contributed by atoms with Crippen molar-refractivity contribution in [2.75, 3.05) is 0 Å². The van der Waals surface area contributed by atoms with Crippen LogP contribution in [0.15, 0.2) is 36.8 Å². The third-order valence-corrected chi connectivity index (χ3v) is 2.67. The van der Waals surface area contributed by atoms with Gasteiger partial charge < -0.3 is 9.67 Å². The van der Waals surface area contributed by atoms with Crippen LogP contribution in [0.4, 0.5) is 0 Å². The first kappa shape index (κ1) is 11.8. The molecule has 1 N–H and O–H groups in total. The molecule has 4 heteroatoms. The van der Waals surface area contributed by atoms with Crippen LogP contribution in [-0.2, 0) is 13.0 Å². The summed E-state index contributed by atoms with van der Waals surface area (Å²) in [5.74, 6) is 0.907. The number of pyridine rings is 1. The average molecular weight is 231 g/mol. The first-order valence-electron chi connectivity index (χ1n) is 5.90. The third-order valence-electron chi connectivity index (χ3n) is 2.67. The van der Waals surface area contributed by atoms with E-state index in [1.807, 2.05) is 24.4 Å². The monoisotopic (exact) mass is 231 g/mol. The highest BCUT2D eigenvalue weighted by molar-refractivity contribution is 5.09. The van der Waals surface area contributed by atoms with Crippen molar-refractivity contribution in [3.63, 3.8) is 0 Å². The van der Waals surface area contributed by atoms with Crippen molar-refractivity contribution >= 4 is 0 Å². The Kier molecular flexibility index (Phi) is 3.88. The Balaban J connectivity index is 2.08. The van der Waals surface area contributed by atoms with E-state index in [1.165, 1.54) is 0 Å². The maximum Gasteiger partial charge on any atom is 0.111 e. The number of aliphatic hydroxyl groups excluding tert-OH is 1. The van der Waals surface area contributed by atoms with Gasteiger partial charge in [0.1, 0.15) is 11.9 Å². The summed E-state index contributed by atoms with van der Waals surface area (Å²) in [6.07, 6.45) is 6.39. The van der Waals surface area contributed by atoms with Gasteiger partial charge in [-0.3, -0.25) is 4.98 Å². The maximum atomic E-state index is 10.1. The van der Waals surface area contributed by atoms with E-state index in [4.69, 9.17) is 0 Å². The standard InChI is InChI=1S/C13H17N3O/c1-2-8-16-9-7-15-13(16)10-12(17)11-5-3-4-6-14-11/h3-7,9,12,17H,2,8,10H2,1H3. The number of imidazole rings is 1. The summed E-state index contributed by atoms with van der Waals surface area (Å²) in [7, 11) is 0. The summed E-state index contributed by atoms with van der Waals surface area (Å²) in [6.45, 7) is 3.06. The first-order valence-corrected chi connectivity index (χ1v) is 5.90. The molecule has 0 aromatic carbocycles. The summed E-state index contributed by atoms with van der Waals surface area (Å²) in [5, 5.41) is 10.1. The van der Waals surface area contributed by atoms with Gasteiger partial charge in [0.15, 0.2) is 0 Å². The Hall–Kier alpha value is -1.68. The van der Waals surface area contributed by atoms with E-state index >= 15 is 0 Å². The zero-order chi connectivity index (χ0) is 12.1. The number of nitrogens with zero attached hydrogens (tertiary/aromatic N) is 3. The molecule has 0 radical (unpaired) electrons. The molecule has 2 rings (SSSR count). The summed E-state index contributed by atoms with van der Waals surface area (Å²) in [4.78, 5) is 8.42. The van der Waals surface area contributed by atoms with Crippen LogP contribution in [-0.4, -0.2) is 19.6 Å². The van der Waals surface area contributed by atoms with Crippen molar-refractivity contribution in [2.45, 2.75) is 32.4 Å². The van der Waals surface area contributed by atoms with E-state index < -0.39 is 6.10 Å². The van der Waals surface area contributed by atoms with Crippen molar-refractivity contribution in [3.8, 4) is 0 Å². The molecule has 0 spiro atoms. The molecular weight excluding hydrogens is 214 g/mol. The molecule has 0 fully saturated rings. The lowest BCUT2D eigenvalue weighted by atomic mass is 10.1. The average Bonchev–Trinajstić information content (AvgIpc) is 2.78. The van der Waals surface area contributed by atoms with Crippen LogP contribution in [0.1, 0.15) is 31.0 Å². The molecule has 0 aliphatic heterocycles. The smallest absolute Gasteiger partial charge is 0.111 e. The number of aryl methyl sites for hydroxylation is 1. The second kappa shape index (κ2) is 5.59. The molecule has 17 heavy (non-hydrogen) atoms. The van der Waals surface area contributed by atoms with Crippen LogP contribution in [0.5, 0.6) is 0 Å². The van der Waals surface area contributed by atoms with Crippen molar-refractivity contribution < 1.29 is 5.11 Å². The van der Waals surface area contributed by atoms with E-state index in [9.17, 15) is 5.11 Å². The van der Waals surface area contributed by atoms with Crippen molar-refractivity contribution in [1.29, 1.82) is 0 Å². The fourth-order valence-corrected chi connectivity index (χ4v) is 1.83. The Morgan fingerprint density at radius 3 is 2.88 bits per heavy atom. The summed E-state index contributed by atoms with van der Waals surface area (Å²) >= 11 is 0. The van der Waals surface area contributed by atoms with E-state index in [0.717, 1.165) is 18.8 Å². The molecule has 0 saturated carbocycles. The molecule has 1 unspecified atom stereocenters. The second-order valence-electron chi connectivity index (χ2n) is 4.01. The number of rotatable bonds is 5. The van der Waals surface area contributed by atoms with Gasteiger partial charge in [0.2, 0.25) is 0 Å². The van der Waals surface area contributed by atoms with Crippen molar-refractivity contribution in [1.82, 2.24) is 14.5 Å². The van der Waals surface area contributed by atoms with E-state index in [2.05, 4.69) is 21.5 Å². The van der Waals surface area contributed by atoms with Gasteiger partial charge in [0, 0.05) is 31.6 Å². The van der Waals surface area contributed by atoms with E-state index in [1.54, 1.807) is 12.4 Å². The highest BCUT2D eigenvalue weighted by Gasteiger charge is 2.12. The zero-order valence-electron chi connectivity index (χ0n) is 9.95. The quantitative estimate of drug-likeness (QED) is 0.855. The molecule has 2 heterocycles. The van der Waals surface area contributed by atoms with Crippen LogP contribution in [0.3, 0.4) is 0 Å². The predicted octanol–water partition coefficient (Wildman–Crippen LogP) is 1.96. The molecule has 0 bridgehead atoms. The molecule has 2 aromatic rings. The topological polar surface area (TPSA) is 50.9 Å². The molecule has 90 valence electrons. The van der Waals surface area contributed by atoms with Crippen LogP contribution < -0.4 is 0 Å². The Morgan fingerprint density at radius 2 is 2.18 bits per heavy atom. The Bertz CT molecular complexity index is 453. The number of hydrogen-bond acceptors (Lipinski definition) is 3. The normalized spacial score (nSPS) is 12.6. The number of hydrogen-bond donors (Lipinski definition) is 1. The second-order valence-corrected chi connectivity index (χ2v) is 4.01. The van der Waals surface area contributed by atoms with Gasteiger partial charge >= 0.3 is 0 Å². The maximum absolute atomic E-state index is 10.1. The fourth-order valence-electron chi connectivity index (χ4n) is 1.83. The summed E-state index contributed by atoms with van der Waals surface area (Å²) in [5.41, 5.74) is 0.693. The minimum absolute atomic E-state index is 0.504. The Morgan fingerprint density at radius 1 is 1.29 bits per heavy atom. The third kappa shape index (κ3) is 2.91. The summed E-state index contributed by atoms with van der Waals surface area (Å²) < 4.78 is 2.08. The van der Waals surface area contributed by atoms with Gasteiger partial charge in [-0.05, 0) is 18.6 Å². The molecule has 4 nitrogen and oxygen atoms in total. The number of aromatic nitrogens is 3. The Labute approximate surface area is 101 Å². The lowest BCUT2D eigenvalue weighted by Gasteiger charge is -2.11. The molecule has 0 amide bonds. The van der Waals surface area contributed by atoms with Gasteiger partial charge in [0.05, 0.1) is 5.69 Å². The lowest BCUT2D eigenvalue weighted by molar-refractivity contribution is 0.169. The lowest BCUT2D eigenvalue weighted by Crippen LogP contribution is -2.09. The number of aliphatic hydroxyl groups is 1. The summed E-state index contributed by atoms with van der Waals surface area (Å²) in [6, 6.07) is 5.55. The van der Waals surface area contributed by atoms with E-state index in [0.29, 0.717) is 12.1 Å². The van der Waals surface area contributed by atoms with Gasteiger partial charge in [-0.1, -0.05) is 13.0 Å². The SMILES string of the molecule is CCCn1ccnc1CC(O)c1ccccn1. The molecule has 2 aromatic heterocycles. The molecule has 1 atom stereocenters. The molecular formula is C13H17N3O. The van der Waals surface area contributed by atoms with Gasteiger partial charge in [-0.25, -0.2) is 4.98 Å². The van der Waals surface area contributed by atoms with Gasteiger partial charge in [-0.15, -0.1) is 0 Å². The van der Waals surface area contributed by atoms with E-state index in [-0.39, 0.29) is 0 Å². The van der Waals surface area contributed by atoms with Crippen LogP contribution >= 0.6 is 0 Å². The van der Waals surface area contributed by atoms with Crippen LogP contribution in [0, 0.1) is 0 Å². The van der Waals surface area contributed by atoms with Crippen molar-refractivity contribution in [3.05, 3.63) is 48.3 Å². The molecule has 0 saturated heterocycles. The minimum atomic E-state index is -0.589. The van der Waals surface area contributed by atoms with Crippen LogP contribution in [0.25, 0.3) is 0 Å². The largest absolute Gasteiger partial charge is 0.386 e. The highest BCUT2D eigenvalue weighted by atomic mass is 16.3. The van der Waals surface area contributed by atoms with Gasteiger partial charge in [-0.2, -0.15) is 0 Å². The molecule has 0 aliphatic carbocycles. The fraction of sp³-hybridized carbons (Fsp3) is 0.385. The zero-order valence-corrected chi connectivity index (χ0v) is 9.95. The highest BCUT2D eigenvalue weighted by Crippen LogP contribution is 2.15.